The molecular weight excluding hydrogens is 336 g/mol. The molecule has 0 bridgehead atoms. The van der Waals surface area contributed by atoms with E-state index in [2.05, 4.69) is 4.98 Å². The van der Waals surface area contributed by atoms with Crippen molar-refractivity contribution in [1.82, 2.24) is 9.88 Å². The summed E-state index contributed by atoms with van der Waals surface area (Å²) >= 11 is 5.92. The maximum atomic E-state index is 12.8. The van der Waals surface area contributed by atoms with E-state index < -0.39 is 5.60 Å². The molecule has 4 nitrogen and oxygen atoms in total. The summed E-state index contributed by atoms with van der Waals surface area (Å²) in [7, 11) is 0. The van der Waals surface area contributed by atoms with Crippen LogP contribution in [0, 0.1) is 0 Å². The van der Waals surface area contributed by atoms with Gasteiger partial charge in [0.05, 0.1) is 5.60 Å². The van der Waals surface area contributed by atoms with Crippen LogP contribution in [0.4, 0.5) is 0 Å². The number of aromatic amines is 1. The Morgan fingerprint density at radius 2 is 1.80 bits per heavy atom. The van der Waals surface area contributed by atoms with Gasteiger partial charge in [-0.1, -0.05) is 29.8 Å². The van der Waals surface area contributed by atoms with Gasteiger partial charge in [-0.3, -0.25) is 4.79 Å². The molecule has 2 aromatic carbocycles. The molecule has 5 heteroatoms. The van der Waals surface area contributed by atoms with Crippen LogP contribution in [0.3, 0.4) is 0 Å². The normalized spacial score (nSPS) is 17.0. The molecule has 1 aliphatic heterocycles. The van der Waals surface area contributed by atoms with Gasteiger partial charge in [0.2, 0.25) is 0 Å². The topological polar surface area (TPSA) is 56.3 Å². The minimum absolute atomic E-state index is 0.00894. The zero-order chi connectivity index (χ0) is 17.4. The van der Waals surface area contributed by atoms with Gasteiger partial charge < -0.3 is 15.0 Å². The predicted molar refractivity (Wildman–Crippen MR) is 98.8 cm³/mol. The molecule has 3 aromatic rings. The third-order valence-corrected chi connectivity index (χ3v) is 5.31. The zero-order valence-corrected chi connectivity index (χ0v) is 14.5. The number of nitrogens with one attached hydrogen (secondary N) is 1. The molecule has 1 aromatic heterocycles. The molecule has 128 valence electrons. The average Bonchev–Trinajstić information content (AvgIpc) is 3.10. The van der Waals surface area contributed by atoms with Gasteiger partial charge in [-0.25, -0.2) is 0 Å². The lowest BCUT2D eigenvalue weighted by molar-refractivity contribution is -0.0211. The summed E-state index contributed by atoms with van der Waals surface area (Å²) in [5.74, 6) is 0.00894. The fourth-order valence-corrected chi connectivity index (χ4v) is 3.62. The monoisotopic (exact) mass is 354 g/mol. The van der Waals surface area contributed by atoms with Crippen molar-refractivity contribution in [2.45, 2.75) is 18.4 Å². The van der Waals surface area contributed by atoms with E-state index in [1.807, 2.05) is 47.5 Å². The van der Waals surface area contributed by atoms with Crippen LogP contribution < -0.4 is 0 Å². The number of rotatable bonds is 2. The number of likely N-dealkylation sites (tertiary alicyclic amines) is 1. The molecular formula is C20H19ClN2O2. The summed E-state index contributed by atoms with van der Waals surface area (Å²) in [6.45, 7) is 1.06. The van der Waals surface area contributed by atoms with Crippen molar-refractivity contribution in [3.8, 4) is 0 Å². The number of aliphatic hydroxyl groups is 1. The van der Waals surface area contributed by atoms with Crippen molar-refractivity contribution in [3.63, 3.8) is 0 Å². The van der Waals surface area contributed by atoms with Crippen LogP contribution in [-0.2, 0) is 5.60 Å². The number of amides is 1. The van der Waals surface area contributed by atoms with Crippen LogP contribution in [0.15, 0.2) is 54.7 Å². The highest BCUT2D eigenvalue weighted by atomic mass is 35.5. The van der Waals surface area contributed by atoms with Gasteiger partial charge in [0.15, 0.2) is 0 Å². The molecule has 1 amide bonds. The standard InChI is InChI=1S/C20H19ClN2O2/c21-17-5-3-16(4-6-17)20(25)8-11-23(12-9-20)19(24)15-2-1-14-7-10-22-18(14)13-15/h1-7,10,13,22,25H,8-9,11-12H2. The number of benzene rings is 2. The summed E-state index contributed by atoms with van der Waals surface area (Å²) in [6.07, 6.45) is 2.91. The van der Waals surface area contributed by atoms with E-state index in [9.17, 15) is 9.90 Å². The van der Waals surface area contributed by atoms with Crippen molar-refractivity contribution in [3.05, 3.63) is 70.9 Å². The molecule has 0 saturated carbocycles. The third-order valence-electron chi connectivity index (χ3n) is 5.06. The van der Waals surface area contributed by atoms with Crippen LogP contribution in [-0.4, -0.2) is 34.0 Å². The largest absolute Gasteiger partial charge is 0.385 e. The number of halogens is 1. The predicted octanol–water partition coefficient (Wildman–Crippen LogP) is 3.95. The van der Waals surface area contributed by atoms with Gasteiger partial charge >= 0.3 is 0 Å². The van der Waals surface area contributed by atoms with Crippen molar-refractivity contribution in [1.29, 1.82) is 0 Å². The van der Waals surface area contributed by atoms with E-state index in [0.29, 0.717) is 36.5 Å². The summed E-state index contributed by atoms with van der Waals surface area (Å²) in [4.78, 5) is 17.7. The van der Waals surface area contributed by atoms with E-state index in [4.69, 9.17) is 11.6 Å². The second kappa shape index (κ2) is 6.21. The molecule has 0 radical (unpaired) electrons. The van der Waals surface area contributed by atoms with E-state index in [-0.39, 0.29) is 5.91 Å². The molecule has 4 rings (SSSR count). The van der Waals surface area contributed by atoms with Gasteiger partial charge in [0, 0.05) is 35.4 Å². The first-order valence-electron chi connectivity index (χ1n) is 8.40. The lowest BCUT2D eigenvalue weighted by Gasteiger charge is -2.38. The number of carbonyl (C=O) groups excluding carboxylic acids is 1. The first-order valence-corrected chi connectivity index (χ1v) is 8.78. The minimum atomic E-state index is -0.898. The molecule has 1 fully saturated rings. The maximum absolute atomic E-state index is 12.8. The van der Waals surface area contributed by atoms with Gasteiger partial charge in [-0.15, -0.1) is 0 Å². The first kappa shape index (κ1) is 16.2. The second-order valence-electron chi connectivity index (χ2n) is 6.61. The Kier molecular flexibility index (Phi) is 4.02. The van der Waals surface area contributed by atoms with Gasteiger partial charge in [0.1, 0.15) is 0 Å². The molecule has 2 heterocycles. The Hall–Kier alpha value is -2.30. The van der Waals surface area contributed by atoms with Gasteiger partial charge in [-0.05, 0) is 54.1 Å². The Bertz CT molecular complexity index is 909. The Balaban J connectivity index is 1.49. The number of hydrogen-bond donors (Lipinski definition) is 2. The van der Waals surface area contributed by atoms with Crippen molar-refractivity contribution in [2.75, 3.05) is 13.1 Å². The lowest BCUT2D eigenvalue weighted by Crippen LogP contribution is -2.45. The molecule has 1 aliphatic rings. The maximum Gasteiger partial charge on any atom is 0.253 e. The quantitative estimate of drug-likeness (QED) is 0.732. The number of fused-ring (bicyclic) bond motifs is 1. The molecule has 25 heavy (non-hydrogen) atoms. The van der Waals surface area contributed by atoms with Crippen molar-refractivity contribution < 1.29 is 9.90 Å². The first-order chi connectivity index (χ1) is 12.0. The lowest BCUT2D eigenvalue weighted by atomic mass is 9.84. The summed E-state index contributed by atoms with van der Waals surface area (Å²) in [5.41, 5.74) is 1.59. The van der Waals surface area contributed by atoms with Crippen LogP contribution in [0.5, 0.6) is 0 Å². The van der Waals surface area contributed by atoms with Crippen molar-refractivity contribution in [2.24, 2.45) is 0 Å². The number of aromatic nitrogens is 1. The van der Waals surface area contributed by atoms with Gasteiger partial charge in [-0.2, -0.15) is 0 Å². The van der Waals surface area contributed by atoms with Crippen LogP contribution in [0.2, 0.25) is 5.02 Å². The molecule has 0 spiro atoms. The van der Waals surface area contributed by atoms with E-state index >= 15 is 0 Å². The molecule has 0 atom stereocenters. The summed E-state index contributed by atoms with van der Waals surface area (Å²) in [6, 6.07) is 15.0. The molecule has 0 unspecified atom stereocenters. The Morgan fingerprint density at radius 3 is 2.52 bits per heavy atom. The fourth-order valence-electron chi connectivity index (χ4n) is 3.49. The highest BCUT2D eigenvalue weighted by Gasteiger charge is 2.35. The number of carbonyl (C=O) groups is 1. The third kappa shape index (κ3) is 3.03. The van der Waals surface area contributed by atoms with Crippen LogP contribution in [0.1, 0.15) is 28.8 Å². The van der Waals surface area contributed by atoms with Crippen LogP contribution >= 0.6 is 11.6 Å². The fraction of sp³-hybridized carbons (Fsp3) is 0.250. The van der Waals surface area contributed by atoms with Crippen LogP contribution in [0.25, 0.3) is 10.9 Å². The van der Waals surface area contributed by atoms with E-state index in [1.165, 1.54) is 0 Å². The Morgan fingerprint density at radius 1 is 1.08 bits per heavy atom. The zero-order valence-electron chi connectivity index (χ0n) is 13.7. The highest BCUT2D eigenvalue weighted by Crippen LogP contribution is 2.34. The Labute approximate surface area is 151 Å². The van der Waals surface area contributed by atoms with E-state index in [0.717, 1.165) is 16.5 Å². The van der Waals surface area contributed by atoms with Gasteiger partial charge in [0.25, 0.3) is 5.91 Å². The summed E-state index contributed by atoms with van der Waals surface area (Å²) in [5, 5.41) is 12.7. The number of hydrogen-bond acceptors (Lipinski definition) is 2. The number of nitrogens with zero attached hydrogens (tertiary/aromatic N) is 1. The highest BCUT2D eigenvalue weighted by molar-refractivity contribution is 6.30. The summed E-state index contributed by atoms with van der Waals surface area (Å²) < 4.78 is 0. The number of piperidine rings is 1. The van der Waals surface area contributed by atoms with E-state index in [1.54, 1.807) is 12.1 Å². The molecule has 2 N–H and O–H groups in total. The smallest absolute Gasteiger partial charge is 0.253 e. The number of H-pyrrole nitrogens is 1. The second-order valence-corrected chi connectivity index (χ2v) is 7.05. The minimum Gasteiger partial charge on any atom is -0.385 e. The van der Waals surface area contributed by atoms with Crippen molar-refractivity contribution >= 4 is 28.4 Å². The molecule has 0 aliphatic carbocycles. The molecule has 1 saturated heterocycles. The SMILES string of the molecule is O=C(c1ccc2cc[nH]c2c1)N1CCC(O)(c2ccc(Cl)cc2)CC1. The average molecular weight is 355 g/mol.